The summed E-state index contributed by atoms with van der Waals surface area (Å²) in [5, 5.41) is 0.261. The van der Waals surface area contributed by atoms with Gasteiger partial charge in [0.05, 0.1) is 17.8 Å². The molecule has 2 rings (SSSR count). The molecule has 0 heterocycles. The Hall–Kier alpha value is -0.940. The molecule has 0 spiro atoms. The molecule has 92 valence electrons. The number of benzene rings is 1. The zero-order chi connectivity index (χ0) is 12.6. The Kier molecular flexibility index (Phi) is 3.23. The van der Waals surface area contributed by atoms with Gasteiger partial charge in [0.1, 0.15) is 10.6 Å². The number of ether oxygens (including phenoxy) is 1. The minimum Gasteiger partial charge on any atom is -0.468 e. The van der Waals surface area contributed by atoms with Gasteiger partial charge in [-0.05, 0) is 25.0 Å². The second kappa shape index (κ2) is 4.38. The number of halogens is 2. The van der Waals surface area contributed by atoms with Gasteiger partial charge in [-0.1, -0.05) is 11.6 Å². The van der Waals surface area contributed by atoms with E-state index in [0.29, 0.717) is 4.90 Å². The largest absolute Gasteiger partial charge is 0.468 e. The van der Waals surface area contributed by atoms with Gasteiger partial charge in [-0.2, -0.15) is 0 Å². The summed E-state index contributed by atoms with van der Waals surface area (Å²) in [5.41, 5.74) is 5.50. The van der Waals surface area contributed by atoms with Crippen LogP contribution in [-0.2, 0) is 9.53 Å². The molecule has 1 aromatic rings. The molecule has 17 heavy (non-hydrogen) atoms. The molecule has 3 nitrogen and oxygen atoms in total. The van der Waals surface area contributed by atoms with Gasteiger partial charge in [0.15, 0.2) is 0 Å². The van der Waals surface area contributed by atoms with E-state index in [9.17, 15) is 9.18 Å². The number of anilines is 1. The lowest BCUT2D eigenvalue weighted by atomic mass is 10.3. The zero-order valence-electron chi connectivity index (χ0n) is 9.13. The molecule has 1 aliphatic carbocycles. The summed E-state index contributed by atoms with van der Waals surface area (Å²) in [6.07, 6.45) is 1.47. The summed E-state index contributed by atoms with van der Waals surface area (Å²) in [7, 11) is 1.35. The molecule has 0 bridgehead atoms. The predicted molar refractivity (Wildman–Crippen MR) is 65.7 cm³/mol. The highest BCUT2D eigenvalue weighted by Crippen LogP contribution is 2.54. The van der Waals surface area contributed by atoms with Gasteiger partial charge in [0, 0.05) is 4.90 Å². The van der Waals surface area contributed by atoms with E-state index in [2.05, 4.69) is 0 Å². The van der Waals surface area contributed by atoms with E-state index in [0.717, 1.165) is 18.9 Å². The van der Waals surface area contributed by atoms with Crippen molar-refractivity contribution in [3.63, 3.8) is 0 Å². The third-order valence-electron chi connectivity index (χ3n) is 2.62. The van der Waals surface area contributed by atoms with Crippen LogP contribution in [0.2, 0.25) is 5.02 Å². The lowest BCUT2D eigenvalue weighted by molar-refractivity contribution is -0.140. The quantitative estimate of drug-likeness (QED) is 0.681. The van der Waals surface area contributed by atoms with Crippen molar-refractivity contribution < 1.29 is 13.9 Å². The maximum Gasteiger partial charge on any atom is 0.322 e. The van der Waals surface area contributed by atoms with Crippen LogP contribution in [0.5, 0.6) is 0 Å². The van der Waals surface area contributed by atoms with Crippen molar-refractivity contribution in [2.75, 3.05) is 12.8 Å². The van der Waals surface area contributed by atoms with Crippen LogP contribution in [-0.4, -0.2) is 17.8 Å². The number of hydrogen-bond donors (Lipinski definition) is 1. The Labute approximate surface area is 107 Å². The van der Waals surface area contributed by atoms with Crippen molar-refractivity contribution in [1.82, 2.24) is 0 Å². The van der Waals surface area contributed by atoms with Crippen LogP contribution in [0.15, 0.2) is 17.0 Å². The van der Waals surface area contributed by atoms with Crippen molar-refractivity contribution in [2.45, 2.75) is 22.5 Å². The number of methoxy groups -OCH3 is 1. The van der Waals surface area contributed by atoms with Crippen LogP contribution in [0.1, 0.15) is 12.8 Å². The van der Waals surface area contributed by atoms with Crippen LogP contribution in [0.3, 0.4) is 0 Å². The fourth-order valence-corrected chi connectivity index (χ4v) is 2.98. The van der Waals surface area contributed by atoms with Crippen LogP contribution >= 0.6 is 23.4 Å². The molecule has 1 saturated carbocycles. The number of carbonyl (C=O) groups is 1. The summed E-state index contributed by atoms with van der Waals surface area (Å²) in [5.74, 6) is -0.830. The Morgan fingerprint density at radius 1 is 1.59 bits per heavy atom. The first kappa shape index (κ1) is 12.5. The summed E-state index contributed by atoms with van der Waals surface area (Å²) in [6, 6.07) is 2.61. The highest BCUT2D eigenvalue weighted by molar-refractivity contribution is 8.01. The molecule has 1 aromatic carbocycles. The molecule has 0 saturated heterocycles. The van der Waals surface area contributed by atoms with E-state index in [1.165, 1.54) is 24.9 Å². The standard InChI is InChI=1S/C11H11ClFNO2S/c1-16-10(15)11(2-3-11)17-9-5-8(14)7(13)4-6(9)12/h4-5H,2-3,14H2,1H3. The summed E-state index contributed by atoms with van der Waals surface area (Å²) in [6.45, 7) is 0. The summed E-state index contributed by atoms with van der Waals surface area (Å²) < 4.78 is 17.3. The van der Waals surface area contributed by atoms with Crippen molar-refractivity contribution in [3.8, 4) is 0 Å². The summed E-state index contributed by atoms with van der Waals surface area (Å²) in [4.78, 5) is 12.2. The number of hydrogen-bond acceptors (Lipinski definition) is 4. The molecule has 0 aliphatic heterocycles. The van der Waals surface area contributed by atoms with Gasteiger partial charge < -0.3 is 10.5 Å². The normalized spacial score (nSPS) is 16.6. The van der Waals surface area contributed by atoms with E-state index in [4.69, 9.17) is 22.1 Å². The maximum absolute atomic E-state index is 13.1. The number of nitrogens with two attached hydrogens (primary N) is 1. The molecule has 1 fully saturated rings. The van der Waals surface area contributed by atoms with Crippen LogP contribution in [0.25, 0.3) is 0 Å². The minimum absolute atomic E-state index is 0.0255. The molecule has 0 amide bonds. The number of nitrogen functional groups attached to an aromatic ring is 1. The van der Waals surface area contributed by atoms with Crippen molar-refractivity contribution in [1.29, 1.82) is 0 Å². The SMILES string of the molecule is COC(=O)C1(Sc2cc(N)c(F)cc2Cl)CC1. The first-order chi connectivity index (χ1) is 7.98. The van der Waals surface area contributed by atoms with Gasteiger partial charge in [-0.15, -0.1) is 11.8 Å². The Bertz CT molecular complexity index is 477. The molecule has 0 atom stereocenters. The first-order valence-corrected chi connectivity index (χ1v) is 6.20. The predicted octanol–water partition coefficient (Wildman–Crippen LogP) is 2.86. The number of thioether (sulfide) groups is 1. The Balaban J connectivity index is 2.25. The molecular formula is C11H11ClFNO2S. The second-order valence-corrected chi connectivity index (χ2v) is 5.72. The molecule has 6 heteroatoms. The fraction of sp³-hybridized carbons (Fsp3) is 0.364. The highest BCUT2D eigenvalue weighted by atomic mass is 35.5. The second-order valence-electron chi connectivity index (χ2n) is 3.89. The van der Waals surface area contributed by atoms with Crippen molar-refractivity contribution >= 4 is 35.0 Å². The highest BCUT2D eigenvalue weighted by Gasteiger charge is 2.52. The average molecular weight is 276 g/mol. The van der Waals surface area contributed by atoms with Crippen LogP contribution < -0.4 is 5.73 Å². The van der Waals surface area contributed by atoms with E-state index >= 15 is 0 Å². The lowest BCUT2D eigenvalue weighted by Crippen LogP contribution is -2.20. The molecule has 2 N–H and O–H groups in total. The van der Waals surface area contributed by atoms with E-state index in [1.54, 1.807) is 0 Å². The van der Waals surface area contributed by atoms with E-state index < -0.39 is 10.6 Å². The molecule has 0 aromatic heterocycles. The molecule has 0 radical (unpaired) electrons. The fourth-order valence-electron chi connectivity index (χ4n) is 1.48. The number of esters is 1. The number of carbonyl (C=O) groups excluding carboxylic acids is 1. The summed E-state index contributed by atoms with van der Waals surface area (Å²) >= 11 is 7.20. The van der Waals surface area contributed by atoms with Gasteiger partial charge >= 0.3 is 5.97 Å². The van der Waals surface area contributed by atoms with Crippen LogP contribution in [0, 0.1) is 5.82 Å². The van der Waals surface area contributed by atoms with Crippen molar-refractivity contribution in [3.05, 3.63) is 23.0 Å². The average Bonchev–Trinajstić information content (AvgIpc) is 3.06. The van der Waals surface area contributed by atoms with Crippen LogP contribution in [0.4, 0.5) is 10.1 Å². The zero-order valence-corrected chi connectivity index (χ0v) is 10.7. The third kappa shape index (κ3) is 2.35. The molecular weight excluding hydrogens is 265 g/mol. The van der Waals surface area contributed by atoms with Gasteiger partial charge in [-0.25, -0.2) is 4.39 Å². The molecule has 1 aliphatic rings. The van der Waals surface area contributed by atoms with Gasteiger partial charge in [0.2, 0.25) is 0 Å². The van der Waals surface area contributed by atoms with E-state index in [1.807, 2.05) is 0 Å². The smallest absolute Gasteiger partial charge is 0.322 e. The van der Waals surface area contributed by atoms with Gasteiger partial charge in [0.25, 0.3) is 0 Å². The third-order valence-corrected chi connectivity index (χ3v) is 4.57. The Morgan fingerprint density at radius 2 is 2.24 bits per heavy atom. The minimum atomic E-state index is -0.567. The lowest BCUT2D eigenvalue weighted by Gasteiger charge is -2.13. The van der Waals surface area contributed by atoms with Gasteiger partial charge in [-0.3, -0.25) is 4.79 Å². The topological polar surface area (TPSA) is 52.3 Å². The maximum atomic E-state index is 13.1. The monoisotopic (exact) mass is 275 g/mol. The first-order valence-electron chi connectivity index (χ1n) is 5.00. The van der Waals surface area contributed by atoms with Crippen molar-refractivity contribution in [2.24, 2.45) is 0 Å². The van der Waals surface area contributed by atoms with E-state index in [-0.39, 0.29) is 16.7 Å². The molecule has 0 unspecified atom stereocenters. The number of rotatable bonds is 3. The Morgan fingerprint density at radius 3 is 2.76 bits per heavy atom.